The molecule has 0 amide bonds. The zero-order valence-corrected chi connectivity index (χ0v) is 7.57. The van der Waals surface area contributed by atoms with Crippen LogP contribution in [-0.2, 0) is 0 Å². The maximum Gasteiger partial charge on any atom is 0.412 e. The Bertz CT molecular complexity index is 273. The number of nitrogens with two attached hydrogens (primary N) is 1. The first-order valence-electron chi connectivity index (χ1n) is 4.03. The van der Waals surface area contributed by atoms with Crippen molar-refractivity contribution in [2.45, 2.75) is 32.5 Å². The largest absolute Gasteiger partial charge is 0.412 e. The first-order chi connectivity index (χ1) is 5.82. The number of rotatable bonds is 0. The fourth-order valence-electron chi connectivity index (χ4n) is 1.31. The lowest BCUT2D eigenvalue weighted by atomic mass is 9.90. The molecule has 0 fully saturated rings. The average Bonchev–Trinajstić information content (AvgIpc) is 1.97. The summed E-state index contributed by atoms with van der Waals surface area (Å²) < 4.78 is 36.8. The fourth-order valence-corrected chi connectivity index (χ4v) is 1.31. The second kappa shape index (κ2) is 3.18. The van der Waals surface area contributed by atoms with Gasteiger partial charge in [0.15, 0.2) is 0 Å². The third-order valence-electron chi connectivity index (χ3n) is 2.37. The van der Waals surface area contributed by atoms with E-state index in [2.05, 4.69) is 0 Å². The minimum atomic E-state index is -4.24. The van der Waals surface area contributed by atoms with Gasteiger partial charge in [0.2, 0.25) is 0 Å². The summed E-state index contributed by atoms with van der Waals surface area (Å²) >= 11 is 0. The number of hydrogen-bond donors (Lipinski definition) is 1. The molecule has 0 saturated carbocycles. The summed E-state index contributed by atoms with van der Waals surface area (Å²) in [5.74, 6) is 0. The molecule has 0 aromatic rings. The van der Waals surface area contributed by atoms with Crippen molar-refractivity contribution < 1.29 is 13.2 Å². The Labute approximate surface area is 75.1 Å². The van der Waals surface area contributed by atoms with Crippen LogP contribution in [0, 0.1) is 0 Å². The van der Waals surface area contributed by atoms with Gasteiger partial charge in [-0.2, -0.15) is 13.2 Å². The van der Waals surface area contributed by atoms with Gasteiger partial charge in [0, 0.05) is 11.6 Å². The van der Waals surface area contributed by atoms with Crippen LogP contribution in [0.4, 0.5) is 13.2 Å². The normalized spacial score (nSPS) is 24.8. The molecule has 74 valence electrons. The van der Waals surface area contributed by atoms with E-state index in [1.54, 1.807) is 13.8 Å². The van der Waals surface area contributed by atoms with Gasteiger partial charge in [-0.1, -0.05) is 17.2 Å². The Morgan fingerprint density at radius 2 is 1.92 bits per heavy atom. The van der Waals surface area contributed by atoms with Crippen molar-refractivity contribution in [1.82, 2.24) is 0 Å². The number of halogens is 3. The van der Waals surface area contributed by atoms with Gasteiger partial charge >= 0.3 is 6.18 Å². The van der Waals surface area contributed by atoms with Crippen LogP contribution >= 0.6 is 0 Å². The third-order valence-corrected chi connectivity index (χ3v) is 2.37. The Morgan fingerprint density at radius 3 is 2.31 bits per heavy atom. The highest BCUT2D eigenvalue weighted by Gasteiger charge is 2.36. The predicted octanol–water partition coefficient (Wildman–Crippen LogP) is 2.54. The summed E-state index contributed by atoms with van der Waals surface area (Å²) in [6.07, 6.45) is -3.16. The molecule has 4 heteroatoms. The van der Waals surface area contributed by atoms with Gasteiger partial charge in [-0.15, -0.1) is 0 Å². The molecule has 0 bridgehead atoms. The standard InChI is InChI=1S/C9H12F3N/c1-5-3-7(9(10,11)12)4-8(13)6(5)2/h3,8H,4,13H2,1-2H3. The maximum absolute atomic E-state index is 12.3. The fraction of sp³-hybridized carbons (Fsp3) is 0.556. The van der Waals surface area contributed by atoms with Gasteiger partial charge in [0.05, 0.1) is 0 Å². The van der Waals surface area contributed by atoms with Gasteiger partial charge in [0.25, 0.3) is 0 Å². The minimum absolute atomic E-state index is 0.104. The molecule has 0 saturated heterocycles. The number of alkyl halides is 3. The summed E-state index contributed by atoms with van der Waals surface area (Å²) in [5, 5.41) is 0. The first kappa shape index (κ1) is 10.3. The van der Waals surface area contributed by atoms with Crippen LogP contribution in [0.2, 0.25) is 0 Å². The van der Waals surface area contributed by atoms with Crippen molar-refractivity contribution in [2.24, 2.45) is 5.73 Å². The van der Waals surface area contributed by atoms with Crippen molar-refractivity contribution in [3.8, 4) is 0 Å². The lowest BCUT2D eigenvalue weighted by Gasteiger charge is -2.23. The van der Waals surface area contributed by atoms with Crippen LogP contribution in [-0.4, -0.2) is 12.2 Å². The molecule has 0 aromatic heterocycles. The lowest BCUT2D eigenvalue weighted by Crippen LogP contribution is -2.29. The molecule has 1 aliphatic rings. The molecule has 1 aliphatic carbocycles. The van der Waals surface area contributed by atoms with Crippen molar-refractivity contribution in [3.05, 3.63) is 22.8 Å². The highest BCUT2D eigenvalue weighted by atomic mass is 19.4. The van der Waals surface area contributed by atoms with Gasteiger partial charge in [-0.05, 0) is 20.3 Å². The molecule has 0 radical (unpaired) electrons. The van der Waals surface area contributed by atoms with E-state index >= 15 is 0 Å². The molecular weight excluding hydrogens is 179 g/mol. The van der Waals surface area contributed by atoms with E-state index in [1.165, 1.54) is 6.08 Å². The van der Waals surface area contributed by atoms with Crippen LogP contribution in [0.5, 0.6) is 0 Å². The summed E-state index contributed by atoms with van der Waals surface area (Å²) in [7, 11) is 0. The topological polar surface area (TPSA) is 26.0 Å². The van der Waals surface area contributed by atoms with E-state index in [1.807, 2.05) is 0 Å². The molecule has 1 unspecified atom stereocenters. The van der Waals surface area contributed by atoms with Crippen LogP contribution in [0.15, 0.2) is 22.8 Å². The summed E-state index contributed by atoms with van der Waals surface area (Å²) in [6.45, 7) is 3.42. The minimum Gasteiger partial charge on any atom is -0.324 e. The lowest BCUT2D eigenvalue weighted by molar-refractivity contribution is -0.0945. The molecule has 2 N–H and O–H groups in total. The van der Waals surface area contributed by atoms with Crippen LogP contribution in [0.25, 0.3) is 0 Å². The molecule has 1 nitrogen and oxygen atoms in total. The quantitative estimate of drug-likeness (QED) is 0.625. The smallest absolute Gasteiger partial charge is 0.324 e. The third kappa shape index (κ3) is 2.12. The molecule has 1 atom stereocenters. The Hall–Kier alpha value is -0.770. The molecule has 0 aromatic carbocycles. The average molecular weight is 191 g/mol. The molecule has 0 aliphatic heterocycles. The van der Waals surface area contributed by atoms with Gasteiger partial charge < -0.3 is 5.73 Å². The maximum atomic E-state index is 12.3. The highest BCUT2D eigenvalue weighted by Crippen LogP contribution is 2.34. The SMILES string of the molecule is CC1=C(C)C(N)CC(C(F)(F)F)=C1. The van der Waals surface area contributed by atoms with Crippen molar-refractivity contribution in [1.29, 1.82) is 0 Å². The molecule has 0 heterocycles. The van der Waals surface area contributed by atoms with E-state index in [-0.39, 0.29) is 6.42 Å². The Kier molecular flexibility index (Phi) is 2.52. The molecular formula is C9H12F3N. The van der Waals surface area contributed by atoms with E-state index in [4.69, 9.17) is 5.73 Å². The summed E-state index contributed by atoms with van der Waals surface area (Å²) in [4.78, 5) is 0. The van der Waals surface area contributed by atoms with Crippen molar-refractivity contribution in [3.63, 3.8) is 0 Å². The summed E-state index contributed by atoms with van der Waals surface area (Å²) in [5.41, 5.74) is 6.50. The Morgan fingerprint density at radius 1 is 1.38 bits per heavy atom. The predicted molar refractivity (Wildman–Crippen MR) is 45.1 cm³/mol. The van der Waals surface area contributed by atoms with Crippen LogP contribution in [0.3, 0.4) is 0 Å². The Balaban J connectivity index is 3.00. The van der Waals surface area contributed by atoms with E-state index < -0.39 is 17.8 Å². The van der Waals surface area contributed by atoms with Gasteiger partial charge in [-0.25, -0.2) is 0 Å². The molecule has 13 heavy (non-hydrogen) atoms. The van der Waals surface area contributed by atoms with Gasteiger partial charge in [0.1, 0.15) is 0 Å². The zero-order chi connectivity index (χ0) is 10.2. The molecule has 1 rings (SSSR count). The number of hydrogen-bond acceptors (Lipinski definition) is 1. The monoisotopic (exact) mass is 191 g/mol. The summed E-state index contributed by atoms with van der Waals surface area (Å²) in [6, 6.07) is -0.485. The van der Waals surface area contributed by atoms with E-state index in [0.29, 0.717) is 5.57 Å². The molecule has 0 spiro atoms. The van der Waals surface area contributed by atoms with E-state index in [9.17, 15) is 13.2 Å². The zero-order valence-electron chi connectivity index (χ0n) is 7.57. The second-order valence-electron chi connectivity index (χ2n) is 3.34. The number of allylic oxidation sites excluding steroid dienone is 2. The second-order valence-corrected chi connectivity index (χ2v) is 3.34. The van der Waals surface area contributed by atoms with Crippen LogP contribution in [0.1, 0.15) is 20.3 Å². The van der Waals surface area contributed by atoms with Crippen molar-refractivity contribution in [2.75, 3.05) is 0 Å². The van der Waals surface area contributed by atoms with Crippen molar-refractivity contribution >= 4 is 0 Å². The van der Waals surface area contributed by atoms with E-state index in [0.717, 1.165) is 5.57 Å². The van der Waals surface area contributed by atoms with Crippen LogP contribution < -0.4 is 5.73 Å². The first-order valence-corrected chi connectivity index (χ1v) is 4.03. The van der Waals surface area contributed by atoms with Gasteiger partial charge in [-0.3, -0.25) is 0 Å². The highest BCUT2D eigenvalue weighted by molar-refractivity contribution is 5.36.